The highest BCUT2D eigenvalue weighted by molar-refractivity contribution is 6.07. The Bertz CT molecular complexity index is 984. The van der Waals surface area contributed by atoms with Crippen molar-refractivity contribution in [2.24, 2.45) is 5.92 Å². The summed E-state index contributed by atoms with van der Waals surface area (Å²) in [6, 6.07) is 14.8. The first-order chi connectivity index (χ1) is 13.2. The fourth-order valence-corrected chi connectivity index (χ4v) is 2.77. The van der Waals surface area contributed by atoms with Crippen molar-refractivity contribution in [3.8, 4) is 11.1 Å². The monoisotopic (exact) mass is 358 g/mol. The highest BCUT2D eigenvalue weighted by Gasteiger charge is 2.29. The zero-order valence-electron chi connectivity index (χ0n) is 14.6. The molecule has 0 aliphatic heterocycles. The summed E-state index contributed by atoms with van der Waals surface area (Å²) >= 11 is 0. The van der Waals surface area contributed by atoms with Crippen LogP contribution in [0.15, 0.2) is 67.1 Å². The molecule has 4 rings (SSSR count). The Balaban J connectivity index is 1.54. The molecule has 2 heterocycles. The summed E-state index contributed by atoms with van der Waals surface area (Å²) in [5, 5.41) is 5.66. The molecular formula is C21H18N4O2. The normalized spacial score (nSPS) is 13.0. The summed E-state index contributed by atoms with van der Waals surface area (Å²) in [7, 11) is 0. The van der Waals surface area contributed by atoms with Crippen LogP contribution in [0.1, 0.15) is 23.2 Å². The van der Waals surface area contributed by atoms with E-state index in [9.17, 15) is 9.59 Å². The van der Waals surface area contributed by atoms with Gasteiger partial charge in [0.1, 0.15) is 5.82 Å². The SMILES string of the molecule is O=C(Nc1cnccc1-c1ccccc1)c1ccnc(NC(=O)C2CC2)c1. The number of pyridine rings is 2. The molecule has 27 heavy (non-hydrogen) atoms. The van der Waals surface area contributed by atoms with E-state index in [-0.39, 0.29) is 17.7 Å². The van der Waals surface area contributed by atoms with Gasteiger partial charge in [-0.3, -0.25) is 14.6 Å². The summed E-state index contributed by atoms with van der Waals surface area (Å²) in [6.07, 6.45) is 6.65. The minimum absolute atomic E-state index is 0.0429. The van der Waals surface area contributed by atoms with E-state index in [1.165, 1.54) is 6.20 Å². The van der Waals surface area contributed by atoms with Crippen molar-refractivity contribution >= 4 is 23.3 Å². The third-order valence-corrected chi connectivity index (χ3v) is 4.38. The molecule has 3 aromatic rings. The molecule has 6 nitrogen and oxygen atoms in total. The number of rotatable bonds is 5. The Morgan fingerprint density at radius 2 is 1.78 bits per heavy atom. The molecule has 1 saturated carbocycles. The number of hydrogen-bond acceptors (Lipinski definition) is 4. The number of nitrogens with zero attached hydrogens (tertiary/aromatic N) is 2. The molecule has 0 spiro atoms. The number of benzene rings is 1. The molecule has 0 unspecified atom stereocenters. The molecule has 1 aliphatic rings. The maximum Gasteiger partial charge on any atom is 0.255 e. The molecule has 0 bridgehead atoms. The van der Waals surface area contributed by atoms with Gasteiger partial charge in [0.2, 0.25) is 5.91 Å². The molecule has 2 N–H and O–H groups in total. The number of aromatic nitrogens is 2. The predicted molar refractivity (Wildman–Crippen MR) is 103 cm³/mol. The second-order valence-corrected chi connectivity index (χ2v) is 6.43. The second-order valence-electron chi connectivity index (χ2n) is 6.43. The van der Waals surface area contributed by atoms with Crippen LogP contribution in [-0.4, -0.2) is 21.8 Å². The topological polar surface area (TPSA) is 84.0 Å². The summed E-state index contributed by atoms with van der Waals surface area (Å²) in [4.78, 5) is 32.8. The van der Waals surface area contributed by atoms with Crippen LogP contribution >= 0.6 is 0 Å². The molecule has 0 radical (unpaired) electrons. The first-order valence-electron chi connectivity index (χ1n) is 8.78. The third kappa shape index (κ3) is 4.00. The summed E-state index contributed by atoms with van der Waals surface area (Å²) in [6.45, 7) is 0. The lowest BCUT2D eigenvalue weighted by Gasteiger charge is -2.11. The van der Waals surface area contributed by atoms with Crippen molar-refractivity contribution < 1.29 is 9.59 Å². The van der Waals surface area contributed by atoms with E-state index in [2.05, 4.69) is 20.6 Å². The molecule has 2 aromatic heterocycles. The third-order valence-electron chi connectivity index (χ3n) is 4.38. The lowest BCUT2D eigenvalue weighted by atomic mass is 10.1. The standard InChI is InChI=1S/C21H18N4O2/c26-20(15-6-7-15)25-19-12-16(8-11-23-19)21(27)24-18-13-22-10-9-17(18)14-4-2-1-3-5-14/h1-5,8-13,15H,6-7H2,(H,24,27)(H,23,25,26). The minimum atomic E-state index is -0.287. The van der Waals surface area contributed by atoms with Gasteiger partial charge >= 0.3 is 0 Å². The van der Waals surface area contributed by atoms with Crippen molar-refractivity contribution in [3.63, 3.8) is 0 Å². The first-order valence-corrected chi connectivity index (χ1v) is 8.78. The largest absolute Gasteiger partial charge is 0.320 e. The van der Waals surface area contributed by atoms with Crippen LogP contribution < -0.4 is 10.6 Å². The maximum absolute atomic E-state index is 12.7. The Kier molecular flexibility index (Phi) is 4.61. The fraction of sp³-hybridized carbons (Fsp3) is 0.143. The van der Waals surface area contributed by atoms with Gasteiger partial charge in [-0.05, 0) is 36.6 Å². The van der Waals surface area contributed by atoms with Gasteiger partial charge in [-0.2, -0.15) is 0 Å². The highest BCUT2D eigenvalue weighted by atomic mass is 16.2. The van der Waals surface area contributed by atoms with Gasteiger partial charge in [0.05, 0.1) is 11.9 Å². The Morgan fingerprint density at radius 3 is 2.56 bits per heavy atom. The van der Waals surface area contributed by atoms with Crippen molar-refractivity contribution in [2.75, 3.05) is 10.6 Å². The van der Waals surface area contributed by atoms with E-state index in [0.29, 0.717) is 17.1 Å². The van der Waals surface area contributed by atoms with Gasteiger partial charge in [0.25, 0.3) is 5.91 Å². The van der Waals surface area contributed by atoms with Gasteiger partial charge in [-0.1, -0.05) is 30.3 Å². The lowest BCUT2D eigenvalue weighted by molar-refractivity contribution is -0.117. The highest BCUT2D eigenvalue weighted by Crippen LogP contribution is 2.30. The van der Waals surface area contributed by atoms with Crippen LogP contribution in [0.3, 0.4) is 0 Å². The summed E-state index contributed by atoms with van der Waals surface area (Å²) in [5.41, 5.74) is 2.91. The number of anilines is 2. The van der Waals surface area contributed by atoms with Crippen molar-refractivity contribution in [2.45, 2.75) is 12.8 Å². The van der Waals surface area contributed by atoms with Crippen LogP contribution in [0.25, 0.3) is 11.1 Å². The van der Waals surface area contributed by atoms with Crippen LogP contribution in [0, 0.1) is 5.92 Å². The molecule has 2 amide bonds. The number of carbonyl (C=O) groups excluding carboxylic acids is 2. The zero-order chi connectivity index (χ0) is 18.6. The fourth-order valence-electron chi connectivity index (χ4n) is 2.77. The van der Waals surface area contributed by atoms with E-state index in [4.69, 9.17) is 0 Å². The lowest BCUT2D eigenvalue weighted by Crippen LogP contribution is -2.16. The van der Waals surface area contributed by atoms with Gasteiger partial charge in [-0.25, -0.2) is 4.98 Å². The van der Waals surface area contributed by atoms with Crippen LogP contribution in [0.2, 0.25) is 0 Å². The summed E-state index contributed by atoms with van der Waals surface area (Å²) in [5.74, 6) is 0.130. The molecule has 6 heteroatoms. The maximum atomic E-state index is 12.7. The molecular weight excluding hydrogens is 340 g/mol. The molecule has 134 valence electrons. The number of carbonyl (C=O) groups is 2. The Hall–Kier alpha value is -3.54. The van der Waals surface area contributed by atoms with Crippen molar-refractivity contribution in [3.05, 3.63) is 72.7 Å². The van der Waals surface area contributed by atoms with Gasteiger partial charge in [-0.15, -0.1) is 0 Å². The quantitative estimate of drug-likeness (QED) is 0.728. The molecule has 1 aliphatic carbocycles. The van der Waals surface area contributed by atoms with Crippen LogP contribution in [-0.2, 0) is 4.79 Å². The number of amides is 2. The van der Waals surface area contributed by atoms with Gasteiger partial charge in [0, 0.05) is 29.4 Å². The summed E-state index contributed by atoms with van der Waals surface area (Å²) < 4.78 is 0. The first kappa shape index (κ1) is 16.9. The van der Waals surface area contributed by atoms with Crippen molar-refractivity contribution in [1.82, 2.24) is 9.97 Å². The Morgan fingerprint density at radius 1 is 0.963 bits per heavy atom. The van der Waals surface area contributed by atoms with E-state index in [1.54, 1.807) is 24.5 Å². The van der Waals surface area contributed by atoms with E-state index >= 15 is 0 Å². The minimum Gasteiger partial charge on any atom is -0.320 e. The van der Waals surface area contributed by atoms with Crippen molar-refractivity contribution in [1.29, 1.82) is 0 Å². The molecule has 1 aromatic carbocycles. The van der Waals surface area contributed by atoms with Crippen LogP contribution in [0.5, 0.6) is 0 Å². The van der Waals surface area contributed by atoms with E-state index < -0.39 is 0 Å². The average Bonchev–Trinajstić information content (AvgIpc) is 3.55. The molecule has 0 atom stereocenters. The predicted octanol–water partition coefficient (Wildman–Crippen LogP) is 3.74. The molecule has 1 fully saturated rings. The molecule has 0 saturated heterocycles. The Labute approximate surface area is 156 Å². The van der Waals surface area contributed by atoms with Gasteiger partial charge < -0.3 is 10.6 Å². The average molecular weight is 358 g/mol. The second kappa shape index (κ2) is 7.37. The number of hydrogen-bond donors (Lipinski definition) is 2. The smallest absolute Gasteiger partial charge is 0.255 e. The van der Waals surface area contributed by atoms with Gasteiger partial charge in [0.15, 0.2) is 0 Å². The van der Waals surface area contributed by atoms with Crippen LogP contribution in [0.4, 0.5) is 11.5 Å². The number of nitrogens with one attached hydrogen (secondary N) is 2. The zero-order valence-corrected chi connectivity index (χ0v) is 14.6. The van der Waals surface area contributed by atoms with E-state index in [0.717, 1.165) is 24.0 Å². The van der Waals surface area contributed by atoms with E-state index in [1.807, 2.05) is 36.4 Å².